The van der Waals surface area contributed by atoms with Gasteiger partial charge in [-0.3, -0.25) is 0 Å². The third-order valence-electron chi connectivity index (χ3n) is 6.91. The van der Waals surface area contributed by atoms with Gasteiger partial charge in [-0.15, -0.1) is 0 Å². The molecule has 4 aliphatic carbocycles. The molecule has 0 aliphatic heterocycles. The maximum atomic E-state index is 3.67. The molecule has 0 aromatic carbocycles. The van der Waals surface area contributed by atoms with Crippen LogP contribution in [0, 0.1) is 23.2 Å². The van der Waals surface area contributed by atoms with Gasteiger partial charge in [0.2, 0.25) is 0 Å². The molecule has 1 unspecified atom stereocenters. The van der Waals surface area contributed by atoms with Gasteiger partial charge < -0.3 is 5.32 Å². The number of nitrogens with one attached hydrogen (secondary N) is 1. The topological polar surface area (TPSA) is 12.0 Å². The first kappa shape index (κ1) is 15.8. The van der Waals surface area contributed by atoms with Crippen molar-refractivity contribution in [3.8, 4) is 0 Å². The lowest BCUT2D eigenvalue weighted by Crippen LogP contribution is -2.48. The van der Waals surface area contributed by atoms with E-state index in [1.165, 1.54) is 44.9 Å². The van der Waals surface area contributed by atoms with Gasteiger partial charge in [0.25, 0.3) is 0 Å². The van der Waals surface area contributed by atoms with Crippen LogP contribution in [0.4, 0.5) is 0 Å². The van der Waals surface area contributed by atoms with Crippen molar-refractivity contribution in [2.45, 2.75) is 96.4 Å². The molecule has 0 aromatic rings. The van der Waals surface area contributed by atoms with Crippen molar-refractivity contribution in [3.05, 3.63) is 0 Å². The van der Waals surface area contributed by atoms with Crippen molar-refractivity contribution in [1.82, 2.24) is 5.32 Å². The molecular weight excluding hydrogens is 254 g/mol. The largest absolute Gasteiger partial charge is 0.317 e. The molecule has 4 saturated carbocycles. The van der Waals surface area contributed by atoms with Crippen molar-refractivity contribution in [2.75, 3.05) is 7.05 Å². The van der Waals surface area contributed by atoms with Crippen molar-refractivity contribution in [3.63, 3.8) is 0 Å². The average Bonchev–Trinajstić information content (AvgIpc) is 2.44. The van der Waals surface area contributed by atoms with Gasteiger partial charge in [-0.2, -0.15) is 0 Å². The Hall–Kier alpha value is -0.0400. The third-order valence-corrected chi connectivity index (χ3v) is 6.91. The minimum absolute atomic E-state index is 0.756. The molecule has 1 N–H and O–H groups in total. The highest BCUT2D eigenvalue weighted by molar-refractivity contribution is 5.02. The normalized spacial score (nSPS) is 38.9. The molecule has 1 nitrogen and oxygen atoms in total. The molecule has 4 bridgehead atoms. The molecule has 0 saturated heterocycles. The van der Waals surface area contributed by atoms with E-state index in [1.807, 2.05) is 0 Å². The standard InChI is InChI=1S/C20H37N/c1-3-4-5-6-7-8-19(21-2)15-20-12-16-9-17(13-20)11-18(10-16)14-20/h16-19,21H,3-15H2,1-2H3. The third kappa shape index (κ3) is 3.84. The minimum atomic E-state index is 0.756. The molecular formula is C20H37N. The monoisotopic (exact) mass is 291 g/mol. The van der Waals surface area contributed by atoms with Gasteiger partial charge in [0.1, 0.15) is 0 Å². The molecule has 0 heterocycles. The fourth-order valence-electron chi connectivity index (χ4n) is 6.41. The Morgan fingerprint density at radius 3 is 2.00 bits per heavy atom. The Balaban J connectivity index is 1.47. The van der Waals surface area contributed by atoms with Crippen LogP contribution in [-0.4, -0.2) is 13.1 Å². The summed E-state index contributed by atoms with van der Waals surface area (Å²) >= 11 is 0. The van der Waals surface area contributed by atoms with Crippen LogP contribution in [-0.2, 0) is 0 Å². The van der Waals surface area contributed by atoms with Gasteiger partial charge in [-0.25, -0.2) is 0 Å². The van der Waals surface area contributed by atoms with Crippen LogP contribution in [0.5, 0.6) is 0 Å². The SMILES string of the molecule is CCCCCCCC(CC12CC3CC(CC(C3)C1)C2)NC. The smallest absolute Gasteiger partial charge is 0.00693 e. The predicted molar refractivity (Wildman–Crippen MR) is 91.4 cm³/mol. The van der Waals surface area contributed by atoms with Gasteiger partial charge >= 0.3 is 0 Å². The summed E-state index contributed by atoms with van der Waals surface area (Å²) in [6.07, 6.45) is 19.5. The van der Waals surface area contributed by atoms with E-state index in [0.29, 0.717) is 0 Å². The Kier molecular flexibility index (Phi) is 5.30. The molecule has 0 amide bonds. The molecule has 0 aromatic heterocycles. The predicted octanol–water partition coefficient (Wildman–Crippen LogP) is 5.54. The lowest BCUT2D eigenvalue weighted by molar-refractivity contribution is -0.0621. The van der Waals surface area contributed by atoms with E-state index >= 15 is 0 Å². The number of unbranched alkanes of at least 4 members (excludes halogenated alkanes) is 4. The minimum Gasteiger partial charge on any atom is -0.317 e. The summed E-state index contributed by atoms with van der Waals surface area (Å²) in [5.74, 6) is 3.33. The molecule has 4 rings (SSSR count). The molecule has 1 atom stereocenters. The first-order valence-electron chi connectivity index (χ1n) is 9.90. The maximum absolute atomic E-state index is 3.67. The lowest BCUT2D eigenvalue weighted by Gasteiger charge is -2.57. The van der Waals surface area contributed by atoms with Gasteiger partial charge in [0.15, 0.2) is 0 Å². The van der Waals surface area contributed by atoms with Crippen molar-refractivity contribution < 1.29 is 0 Å². The lowest BCUT2D eigenvalue weighted by atomic mass is 9.48. The van der Waals surface area contributed by atoms with E-state index in [0.717, 1.165) is 29.2 Å². The maximum Gasteiger partial charge on any atom is 0.00693 e. The van der Waals surface area contributed by atoms with Crippen LogP contribution in [0.2, 0.25) is 0 Å². The molecule has 4 fully saturated rings. The van der Waals surface area contributed by atoms with Gasteiger partial charge in [0, 0.05) is 6.04 Å². The fraction of sp³-hybridized carbons (Fsp3) is 1.00. The van der Waals surface area contributed by atoms with Crippen LogP contribution in [0.3, 0.4) is 0 Å². The fourth-order valence-corrected chi connectivity index (χ4v) is 6.41. The second-order valence-corrected chi connectivity index (χ2v) is 8.81. The zero-order chi connectivity index (χ0) is 14.7. The van der Waals surface area contributed by atoms with E-state index in [1.54, 1.807) is 38.5 Å². The average molecular weight is 292 g/mol. The Morgan fingerprint density at radius 1 is 0.905 bits per heavy atom. The molecule has 122 valence electrons. The first-order valence-corrected chi connectivity index (χ1v) is 9.90. The highest BCUT2D eigenvalue weighted by atomic mass is 14.9. The van der Waals surface area contributed by atoms with Crippen molar-refractivity contribution >= 4 is 0 Å². The first-order chi connectivity index (χ1) is 10.2. The van der Waals surface area contributed by atoms with Crippen LogP contribution < -0.4 is 5.32 Å². The number of hydrogen-bond donors (Lipinski definition) is 1. The van der Waals surface area contributed by atoms with Gasteiger partial charge in [0.05, 0.1) is 0 Å². The second kappa shape index (κ2) is 7.02. The van der Waals surface area contributed by atoms with Crippen LogP contribution >= 0.6 is 0 Å². The van der Waals surface area contributed by atoms with Crippen LogP contribution in [0.15, 0.2) is 0 Å². The van der Waals surface area contributed by atoms with Gasteiger partial charge in [-0.1, -0.05) is 39.0 Å². The van der Waals surface area contributed by atoms with E-state index in [2.05, 4.69) is 19.3 Å². The summed E-state index contributed by atoms with van der Waals surface area (Å²) in [7, 11) is 2.21. The van der Waals surface area contributed by atoms with Crippen molar-refractivity contribution in [2.24, 2.45) is 23.2 Å². The zero-order valence-corrected chi connectivity index (χ0v) is 14.5. The summed E-state index contributed by atoms with van der Waals surface area (Å²) in [5, 5.41) is 3.67. The van der Waals surface area contributed by atoms with E-state index < -0.39 is 0 Å². The summed E-state index contributed by atoms with van der Waals surface area (Å²) in [6, 6.07) is 0.794. The van der Waals surface area contributed by atoms with Crippen LogP contribution in [0.25, 0.3) is 0 Å². The molecule has 21 heavy (non-hydrogen) atoms. The van der Waals surface area contributed by atoms with E-state index in [-0.39, 0.29) is 0 Å². The second-order valence-electron chi connectivity index (χ2n) is 8.81. The Bertz CT molecular complexity index is 287. The Labute approximate surface area is 132 Å². The van der Waals surface area contributed by atoms with Gasteiger partial charge in [-0.05, 0) is 81.6 Å². The summed E-state index contributed by atoms with van der Waals surface area (Å²) in [4.78, 5) is 0. The summed E-state index contributed by atoms with van der Waals surface area (Å²) < 4.78 is 0. The molecule has 1 heteroatoms. The number of rotatable bonds is 9. The van der Waals surface area contributed by atoms with E-state index in [4.69, 9.17) is 0 Å². The molecule has 0 spiro atoms. The molecule has 0 radical (unpaired) electrons. The highest BCUT2D eigenvalue weighted by Crippen LogP contribution is 2.61. The van der Waals surface area contributed by atoms with Crippen molar-refractivity contribution in [1.29, 1.82) is 0 Å². The molecule has 4 aliphatic rings. The van der Waals surface area contributed by atoms with E-state index in [9.17, 15) is 0 Å². The Morgan fingerprint density at radius 2 is 1.48 bits per heavy atom. The highest BCUT2D eigenvalue weighted by Gasteiger charge is 2.51. The quantitative estimate of drug-likeness (QED) is 0.550. The summed E-state index contributed by atoms with van der Waals surface area (Å²) in [6.45, 7) is 2.31. The summed E-state index contributed by atoms with van der Waals surface area (Å²) in [5.41, 5.74) is 0.756. The van der Waals surface area contributed by atoms with Crippen LogP contribution in [0.1, 0.15) is 90.4 Å². The zero-order valence-electron chi connectivity index (χ0n) is 14.5. The number of hydrogen-bond acceptors (Lipinski definition) is 1.